The first-order chi connectivity index (χ1) is 18.6. The molecule has 186 valence electrons. The van der Waals surface area contributed by atoms with Gasteiger partial charge in [0.2, 0.25) is 0 Å². The zero-order valence-corrected chi connectivity index (χ0v) is 21.2. The lowest BCUT2D eigenvalue weighted by Crippen LogP contribution is -2.18. The molecule has 0 bridgehead atoms. The zero-order valence-electron chi connectivity index (χ0n) is 20.4. The van der Waals surface area contributed by atoms with Gasteiger partial charge < -0.3 is 10.4 Å². The van der Waals surface area contributed by atoms with E-state index in [1.165, 1.54) is 5.56 Å². The highest BCUT2D eigenvalue weighted by Crippen LogP contribution is 2.37. The van der Waals surface area contributed by atoms with Crippen LogP contribution in [0, 0.1) is 0 Å². The number of nitrogens with zero attached hydrogens (tertiary/aromatic N) is 3. The van der Waals surface area contributed by atoms with Crippen LogP contribution in [0.2, 0.25) is 0 Å². The minimum Gasteiger partial charge on any atom is -0.508 e. The van der Waals surface area contributed by atoms with E-state index in [2.05, 4.69) is 63.8 Å². The van der Waals surface area contributed by atoms with Crippen molar-refractivity contribution < 1.29 is 9.90 Å². The number of rotatable bonds is 5. The van der Waals surface area contributed by atoms with Gasteiger partial charge >= 0.3 is 0 Å². The molecule has 1 amide bonds. The number of thioether (sulfide) groups is 1. The van der Waals surface area contributed by atoms with Crippen LogP contribution in [0.1, 0.15) is 29.2 Å². The SMILES string of the molecule is O=C1NC(=Nc2ccc(O)cc2)C(=Cc2ccc(N3N=C(c4ccccc4)CC3c3ccccc3)cc2)S1. The van der Waals surface area contributed by atoms with Crippen molar-refractivity contribution in [3.63, 3.8) is 0 Å². The van der Waals surface area contributed by atoms with Gasteiger partial charge in [0.15, 0.2) is 0 Å². The average Bonchev–Trinajstić information content (AvgIpc) is 3.55. The van der Waals surface area contributed by atoms with Gasteiger partial charge in [-0.05, 0) is 70.9 Å². The van der Waals surface area contributed by atoms with Crippen LogP contribution in [0.15, 0.2) is 124 Å². The van der Waals surface area contributed by atoms with Gasteiger partial charge in [0.25, 0.3) is 5.24 Å². The Labute approximate surface area is 225 Å². The van der Waals surface area contributed by atoms with Crippen molar-refractivity contribution in [3.8, 4) is 5.75 Å². The Morgan fingerprint density at radius 3 is 2.29 bits per heavy atom. The lowest BCUT2D eigenvalue weighted by atomic mass is 9.98. The second kappa shape index (κ2) is 10.4. The molecule has 0 spiro atoms. The van der Waals surface area contributed by atoms with E-state index in [0.717, 1.165) is 45.6 Å². The van der Waals surface area contributed by atoms with Crippen molar-refractivity contribution in [2.45, 2.75) is 12.5 Å². The first-order valence-corrected chi connectivity index (χ1v) is 13.1. The Kier molecular flexibility index (Phi) is 6.50. The highest BCUT2D eigenvalue weighted by Gasteiger charge is 2.30. The van der Waals surface area contributed by atoms with Gasteiger partial charge in [0, 0.05) is 6.42 Å². The number of hydrogen-bond acceptors (Lipinski definition) is 6. The van der Waals surface area contributed by atoms with E-state index >= 15 is 0 Å². The Balaban J connectivity index is 1.29. The summed E-state index contributed by atoms with van der Waals surface area (Å²) in [7, 11) is 0. The molecule has 2 heterocycles. The molecule has 0 radical (unpaired) electrons. The average molecular weight is 517 g/mol. The van der Waals surface area contributed by atoms with Gasteiger partial charge in [-0.15, -0.1) is 0 Å². The van der Waals surface area contributed by atoms with E-state index in [-0.39, 0.29) is 17.0 Å². The molecule has 38 heavy (non-hydrogen) atoms. The smallest absolute Gasteiger partial charge is 0.289 e. The zero-order chi connectivity index (χ0) is 25.9. The fraction of sp³-hybridized carbons (Fsp3) is 0.0645. The molecular formula is C31H24N4O2S. The van der Waals surface area contributed by atoms with E-state index in [1.807, 2.05) is 42.5 Å². The number of hydrogen-bond donors (Lipinski definition) is 2. The first kappa shape index (κ1) is 23.8. The number of carbonyl (C=O) groups is 1. The van der Waals surface area contributed by atoms with E-state index < -0.39 is 0 Å². The maximum absolute atomic E-state index is 12.1. The molecule has 2 N–H and O–H groups in total. The number of phenols is 1. The van der Waals surface area contributed by atoms with Gasteiger partial charge in [-0.2, -0.15) is 5.10 Å². The van der Waals surface area contributed by atoms with Crippen molar-refractivity contribution in [3.05, 3.63) is 131 Å². The quantitative estimate of drug-likeness (QED) is 0.292. The summed E-state index contributed by atoms with van der Waals surface area (Å²) < 4.78 is 0. The maximum Gasteiger partial charge on any atom is 0.289 e. The van der Waals surface area contributed by atoms with Crippen LogP contribution >= 0.6 is 11.8 Å². The van der Waals surface area contributed by atoms with Crippen molar-refractivity contribution in [1.82, 2.24) is 5.32 Å². The fourth-order valence-corrected chi connectivity index (χ4v) is 5.27. The van der Waals surface area contributed by atoms with E-state index in [0.29, 0.717) is 11.5 Å². The highest BCUT2D eigenvalue weighted by atomic mass is 32.2. The molecule has 1 fully saturated rings. The monoisotopic (exact) mass is 516 g/mol. The van der Waals surface area contributed by atoms with Crippen molar-refractivity contribution >= 4 is 46.0 Å². The number of anilines is 1. The molecule has 0 aliphatic carbocycles. The summed E-state index contributed by atoms with van der Waals surface area (Å²) in [5.41, 5.74) is 6.01. The predicted octanol–water partition coefficient (Wildman–Crippen LogP) is 7.28. The van der Waals surface area contributed by atoms with Crippen LogP contribution in [0.5, 0.6) is 5.75 Å². The molecule has 2 aliphatic rings. The number of nitrogens with one attached hydrogen (secondary N) is 1. The third-order valence-corrected chi connectivity index (χ3v) is 7.22. The summed E-state index contributed by atoms with van der Waals surface area (Å²) >= 11 is 1.11. The maximum atomic E-state index is 12.1. The number of benzene rings is 4. The predicted molar refractivity (Wildman–Crippen MR) is 155 cm³/mol. The van der Waals surface area contributed by atoms with Crippen molar-refractivity contribution in [2.24, 2.45) is 10.1 Å². The van der Waals surface area contributed by atoms with Crippen LogP contribution in [-0.4, -0.2) is 21.9 Å². The second-order valence-corrected chi connectivity index (χ2v) is 9.99. The van der Waals surface area contributed by atoms with Crippen LogP contribution in [-0.2, 0) is 0 Å². The number of carbonyl (C=O) groups excluding carboxylic acids is 1. The third-order valence-electron chi connectivity index (χ3n) is 6.40. The normalized spacial score (nSPS) is 19.2. The summed E-state index contributed by atoms with van der Waals surface area (Å²) in [6, 6.07) is 35.6. The number of aliphatic imine (C=N–C) groups is 1. The summed E-state index contributed by atoms with van der Waals surface area (Å²) in [4.78, 5) is 17.4. The molecule has 0 aromatic heterocycles. The number of amides is 1. The lowest BCUT2D eigenvalue weighted by Gasteiger charge is -2.24. The molecule has 7 heteroatoms. The fourth-order valence-electron chi connectivity index (χ4n) is 4.53. The lowest BCUT2D eigenvalue weighted by molar-refractivity contribution is 0.265. The van der Waals surface area contributed by atoms with Crippen molar-refractivity contribution in [2.75, 3.05) is 5.01 Å². The molecule has 6 rings (SSSR count). The van der Waals surface area contributed by atoms with Crippen LogP contribution in [0.4, 0.5) is 16.2 Å². The molecule has 0 saturated carbocycles. The standard InChI is InChI=1S/C31H24N4O2S/c36-26-17-13-24(14-18-26)32-30-29(38-31(37)33-30)19-21-11-15-25(16-12-21)35-28(23-9-5-2-6-10-23)20-27(34-35)22-7-3-1-4-8-22/h1-19,28,36H,20H2,(H,32,33,37). The number of phenolic OH excluding ortho intramolecular Hbond substituents is 1. The van der Waals surface area contributed by atoms with Gasteiger partial charge in [0.1, 0.15) is 11.6 Å². The third kappa shape index (κ3) is 5.10. The van der Waals surface area contributed by atoms with Crippen LogP contribution in [0.3, 0.4) is 0 Å². The highest BCUT2D eigenvalue weighted by molar-refractivity contribution is 8.18. The van der Waals surface area contributed by atoms with Gasteiger partial charge in [-0.25, -0.2) is 4.99 Å². The Morgan fingerprint density at radius 1 is 0.895 bits per heavy atom. The molecule has 1 atom stereocenters. The number of aromatic hydroxyl groups is 1. The minimum atomic E-state index is -0.170. The molecule has 6 nitrogen and oxygen atoms in total. The van der Waals surface area contributed by atoms with Gasteiger partial charge in [-0.3, -0.25) is 9.80 Å². The van der Waals surface area contributed by atoms with Crippen LogP contribution in [0.25, 0.3) is 6.08 Å². The summed E-state index contributed by atoms with van der Waals surface area (Å²) in [5, 5.41) is 19.3. The molecule has 4 aromatic rings. The summed E-state index contributed by atoms with van der Waals surface area (Å²) in [6.45, 7) is 0. The molecule has 1 saturated heterocycles. The topological polar surface area (TPSA) is 77.3 Å². The van der Waals surface area contributed by atoms with Gasteiger partial charge in [-0.1, -0.05) is 72.8 Å². The molecular weight excluding hydrogens is 492 g/mol. The minimum absolute atomic E-state index is 0.104. The van der Waals surface area contributed by atoms with E-state index in [4.69, 9.17) is 5.10 Å². The Morgan fingerprint density at radius 2 is 1.58 bits per heavy atom. The number of hydrazone groups is 1. The van der Waals surface area contributed by atoms with Gasteiger partial charge in [0.05, 0.1) is 28.0 Å². The summed E-state index contributed by atoms with van der Waals surface area (Å²) in [5.74, 6) is 0.665. The van der Waals surface area contributed by atoms with Crippen molar-refractivity contribution in [1.29, 1.82) is 0 Å². The summed E-state index contributed by atoms with van der Waals surface area (Å²) in [6.07, 6.45) is 2.77. The van der Waals surface area contributed by atoms with E-state index in [1.54, 1.807) is 24.3 Å². The Hall–Kier alpha value is -4.62. The number of amidine groups is 1. The molecule has 2 aliphatic heterocycles. The second-order valence-electron chi connectivity index (χ2n) is 8.98. The Bertz CT molecular complexity index is 1550. The first-order valence-electron chi connectivity index (χ1n) is 12.3. The van der Waals surface area contributed by atoms with E-state index in [9.17, 15) is 9.90 Å². The van der Waals surface area contributed by atoms with Crippen LogP contribution < -0.4 is 10.3 Å². The molecule has 4 aromatic carbocycles. The molecule has 1 unspecified atom stereocenters. The largest absolute Gasteiger partial charge is 0.508 e.